The van der Waals surface area contributed by atoms with Gasteiger partial charge in [-0.3, -0.25) is 4.79 Å². The zero-order chi connectivity index (χ0) is 14.7. The van der Waals surface area contributed by atoms with Crippen LogP contribution in [-0.2, 0) is 0 Å². The van der Waals surface area contributed by atoms with E-state index >= 15 is 0 Å². The van der Waals surface area contributed by atoms with Crippen LogP contribution in [0, 0.1) is 6.92 Å². The molecular formula is C15H13BrClNO2. The predicted octanol–water partition coefficient (Wildman–Crippen LogP) is 4.67. The van der Waals surface area contributed by atoms with Gasteiger partial charge >= 0.3 is 0 Å². The van der Waals surface area contributed by atoms with E-state index in [0.29, 0.717) is 22.0 Å². The summed E-state index contributed by atoms with van der Waals surface area (Å²) < 4.78 is 5.94. The summed E-state index contributed by atoms with van der Waals surface area (Å²) in [5.41, 5.74) is 2.22. The summed E-state index contributed by atoms with van der Waals surface area (Å²) in [5, 5.41) is 3.26. The molecule has 0 fully saturated rings. The highest BCUT2D eigenvalue weighted by molar-refractivity contribution is 9.10. The lowest BCUT2D eigenvalue weighted by Gasteiger charge is -2.09. The van der Waals surface area contributed by atoms with Crippen LogP contribution in [0.5, 0.6) is 5.75 Å². The Morgan fingerprint density at radius 1 is 1.25 bits per heavy atom. The van der Waals surface area contributed by atoms with Gasteiger partial charge in [0.1, 0.15) is 5.75 Å². The number of hydrogen-bond donors (Lipinski definition) is 1. The van der Waals surface area contributed by atoms with E-state index in [4.69, 9.17) is 16.3 Å². The molecule has 0 spiro atoms. The monoisotopic (exact) mass is 353 g/mol. The second-order valence-corrected chi connectivity index (χ2v) is 5.64. The summed E-state index contributed by atoms with van der Waals surface area (Å²) in [6.45, 7) is 1.94. The third kappa shape index (κ3) is 3.52. The second-order valence-electron chi connectivity index (χ2n) is 4.32. The lowest BCUT2D eigenvalue weighted by Crippen LogP contribution is -2.12. The Morgan fingerprint density at radius 3 is 2.60 bits per heavy atom. The molecule has 0 radical (unpaired) electrons. The first-order valence-electron chi connectivity index (χ1n) is 5.91. The van der Waals surface area contributed by atoms with Crippen molar-refractivity contribution in [2.45, 2.75) is 6.92 Å². The van der Waals surface area contributed by atoms with Gasteiger partial charge in [-0.1, -0.05) is 27.5 Å². The largest absolute Gasteiger partial charge is 0.495 e. The van der Waals surface area contributed by atoms with E-state index in [9.17, 15) is 4.79 Å². The number of anilines is 1. The summed E-state index contributed by atoms with van der Waals surface area (Å²) >= 11 is 9.41. The Balaban J connectivity index is 2.21. The summed E-state index contributed by atoms with van der Waals surface area (Å²) in [5.74, 6) is 0.388. The van der Waals surface area contributed by atoms with E-state index in [1.165, 1.54) is 0 Å². The van der Waals surface area contributed by atoms with Gasteiger partial charge in [-0.05, 0) is 48.9 Å². The third-order valence-corrected chi connectivity index (χ3v) is 3.47. The van der Waals surface area contributed by atoms with Crippen molar-refractivity contribution in [3.05, 3.63) is 57.0 Å². The molecule has 1 N–H and O–H groups in total. The van der Waals surface area contributed by atoms with Crippen molar-refractivity contribution in [2.75, 3.05) is 12.4 Å². The molecule has 0 unspecified atom stereocenters. The number of rotatable bonds is 3. The fourth-order valence-electron chi connectivity index (χ4n) is 1.81. The molecule has 0 saturated carbocycles. The SMILES string of the molecule is COc1ccc(NC(=O)c2cc(C)cc(Br)c2)cc1Cl. The van der Waals surface area contributed by atoms with Gasteiger partial charge in [0.25, 0.3) is 5.91 Å². The number of aryl methyl sites for hydroxylation is 1. The molecule has 0 bridgehead atoms. The van der Waals surface area contributed by atoms with Crippen LogP contribution < -0.4 is 10.1 Å². The number of ether oxygens (including phenoxy) is 1. The van der Waals surface area contributed by atoms with E-state index in [-0.39, 0.29) is 5.91 Å². The minimum Gasteiger partial charge on any atom is -0.495 e. The number of carbonyl (C=O) groups is 1. The molecule has 20 heavy (non-hydrogen) atoms. The molecule has 0 aliphatic rings. The van der Waals surface area contributed by atoms with Crippen LogP contribution in [0.4, 0.5) is 5.69 Å². The zero-order valence-corrected chi connectivity index (χ0v) is 13.4. The Labute approximate surface area is 131 Å². The molecule has 0 atom stereocenters. The summed E-state index contributed by atoms with van der Waals surface area (Å²) in [6.07, 6.45) is 0. The van der Waals surface area contributed by atoms with Crippen molar-refractivity contribution < 1.29 is 9.53 Å². The molecule has 0 aliphatic heterocycles. The topological polar surface area (TPSA) is 38.3 Å². The highest BCUT2D eigenvalue weighted by Gasteiger charge is 2.09. The molecule has 0 heterocycles. The average molecular weight is 355 g/mol. The van der Waals surface area contributed by atoms with Gasteiger partial charge in [-0.15, -0.1) is 0 Å². The van der Waals surface area contributed by atoms with E-state index in [2.05, 4.69) is 21.2 Å². The van der Waals surface area contributed by atoms with Gasteiger partial charge in [0.15, 0.2) is 0 Å². The number of methoxy groups -OCH3 is 1. The maximum absolute atomic E-state index is 12.2. The van der Waals surface area contributed by atoms with Gasteiger partial charge < -0.3 is 10.1 Å². The molecule has 0 aromatic heterocycles. The Kier molecular flexibility index (Phi) is 4.68. The molecule has 3 nitrogen and oxygen atoms in total. The van der Waals surface area contributed by atoms with Crippen LogP contribution in [0.2, 0.25) is 5.02 Å². The zero-order valence-electron chi connectivity index (χ0n) is 11.0. The minimum absolute atomic E-state index is 0.185. The molecule has 2 aromatic rings. The summed E-state index contributed by atoms with van der Waals surface area (Å²) in [6, 6.07) is 10.7. The van der Waals surface area contributed by atoms with Gasteiger partial charge in [-0.2, -0.15) is 0 Å². The Bertz CT molecular complexity index is 638. The van der Waals surface area contributed by atoms with Crippen LogP contribution >= 0.6 is 27.5 Å². The Morgan fingerprint density at radius 2 is 2.00 bits per heavy atom. The van der Waals surface area contributed by atoms with E-state index in [1.807, 2.05) is 19.1 Å². The summed E-state index contributed by atoms with van der Waals surface area (Å²) in [7, 11) is 1.55. The number of halogens is 2. The molecule has 104 valence electrons. The first kappa shape index (κ1) is 14.9. The molecule has 1 amide bonds. The molecule has 0 aliphatic carbocycles. The highest BCUT2D eigenvalue weighted by atomic mass is 79.9. The predicted molar refractivity (Wildman–Crippen MR) is 84.8 cm³/mol. The number of hydrogen-bond acceptors (Lipinski definition) is 2. The van der Waals surface area contributed by atoms with Crippen molar-refractivity contribution in [1.29, 1.82) is 0 Å². The van der Waals surface area contributed by atoms with E-state index in [1.54, 1.807) is 31.4 Å². The standard InChI is InChI=1S/C15H13BrClNO2/c1-9-5-10(7-11(16)6-9)15(19)18-12-3-4-14(20-2)13(17)8-12/h3-8H,1-2H3,(H,18,19). The molecule has 2 rings (SSSR count). The van der Waals surface area contributed by atoms with Crippen molar-refractivity contribution in [2.24, 2.45) is 0 Å². The Hall–Kier alpha value is -1.52. The molecular weight excluding hydrogens is 342 g/mol. The normalized spacial score (nSPS) is 10.2. The smallest absolute Gasteiger partial charge is 0.255 e. The molecule has 5 heteroatoms. The highest BCUT2D eigenvalue weighted by Crippen LogP contribution is 2.27. The van der Waals surface area contributed by atoms with Crippen LogP contribution in [-0.4, -0.2) is 13.0 Å². The van der Waals surface area contributed by atoms with Gasteiger partial charge in [0.2, 0.25) is 0 Å². The van der Waals surface area contributed by atoms with Crippen molar-refractivity contribution >= 4 is 39.1 Å². The van der Waals surface area contributed by atoms with Crippen molar-refractivity contribution in [1.82, 2.24) is 0 Å². The van der Waals surface area contributed by atoms with E-state index < -0.39 is 0 Å². The fourth-order valence-corrected chi connectivity index (χ4v) is 2.68. The van der Waals surface area contributed by atoms with Crippen LogP contribution in [0.15, 0.2) is 40.9 Å². The lowest BCUT2D eigenvalue weighted by molar-refractivity contribution is 0.102. The van der Waals surface area contributed by atoms with E-state index in [0.717, 1.165) is 10.0 Å². The van der Waals surface area contributed by atoms with Crippen LogP contribution in [0.1, 0.15) is 15.9 Å². The maximum Gasteiger partial charge on any atom is 0.255 e. The van der Waals surface area contributed by atoms with Gasteiger partial charge in [0.05, 0.1) is 12.1 Å². The van der Waals surface area contributed by atoms with Crippen LogP contribution in [0.3, 0.4) is 0 Å². The maximum atomic E-state index is 12.2. The van der Waals surface area contributed by atoms with Gasteiger partial charge in [-0.25, -0.2) is 0 Å². The molecule has 0 saturated heterocycles. The number of amides is 1. The van der Waals surface area contributed by atoms with Crippen molar-refractivity contribution in [3.63, 3.8) is 0 Å². The van der Waals surface area contributed by atoms with Crippen molar-refractivity contribution in [3.8, 4) is 5.75 Å². The first-order chi connectivity index (χ1) is 9.49. The number of nitrogens with one attached hydrogen (secondary N) is 1. The lowest BCUT2D eigenvalue weighted by atomic mass is 10.1. The number of benzene rings is 2. The number of carbonyl (C=O) groups excluding carboxylic acids is 1. The quantitative estimate of drug-likeness (QED) is 0.869. The van der Waals surface area contributed by atoms with Gasteiger partial charge in [0, 0.05) is 15.7 Å². The molecule has 2 aromatic carbocycles. The fraction of sp³-hybridized carbons (Fsp3) is 0.133. The minimum atomic E-state index is -0.185. The second kappa shape index (κ2) is 6.29. The van der Waals surface area contributed by atoms with Crippen LogP contribution in [0.25, 0.3) is 0 Å². The summed E-state index contributed by atoms with van der Waals surface area (Å²) in [4.78, 5) is 12.2. The average Bonchev–Trinajstić information content (AvgIpc) is 2.37. The third-order valence-electron chi connectivity index (χ3n) is 2.71. The first-order valence-corrected chi connectivity index (χ1v) is 7.09.